The Kier molecular flexibility index (Phi) is 3.25. The fraction of sp³-hybridized carbons (Fsp3) is 0.706. The van der Waals surface area contributed by atoms with Gasteiger partial charge in [-0.15, -0.1) is 0 Å². The number of furan rings is 1. The largest absolute Gasteiger partial charge is 0.433 e. The van der Waals surface area contributed by atoms with Crippen molar-refractivity contribution in [2.45, 2.75) is 51.5 Å². The molecule has 1 atom stereocenters. The minimum Gasteiger partial charge on any atom is -0.395 e. The van der Waals surface area contributed by atoms with Gasteiger partial charge in [0.15, 0.2) is 5.76 Å². The summed E-state index contributed by atoms with van der Waals surface area (Å²) in [6.07, 6.45) is 7.72. The molecule has 0 aliphatic heterocycles. The number of hydrogen-bond donors (Lipinski definition) is 1. The van der Waals surface area contributed by atoms with Crippen LogP contribution in [-0.2, 0) is 0 Å². The van der Waals surface area contributed by atoms with Crippen molar-refractivity contribution in [1.82, 2.24) is 5.32 Å². The highest BCUT2D eigenvalue weighted by molar-refractivity contribution is 5.91. The first-order chi connectivity index (χ1) is 10.9. The Balaban J connectivity index is 1.48. The van der Waals surface area contributed by atoms with E-state index in [-0.39, 0.29) is 23.1 Å². The minimum atomic E-state index is -0.626. The molecule has 6 nitrogen and oxygen atoms in total. The maximum Gasteiger partial charge on any atom is 0.433 e. The van der Waals surface area contributed by atoms with Gasteiger partial charge in [-0.05, 0) is 74.7 Å². The average molecular weight is 318 g/mol. The van der Waals surface area contributed by atoms with Crippen molar-refractivity contribution in [1.29, 1.82) is 0 Å². The molecule has 6 heteroatoms. The summed E-state index contributed by atoms with van der Waals surface area (Å²) >= 11 is 0. The van der Waals surface area contributed by atoms with Crippen LogP contribution in [0, 0.1) is 33.3 Å². The Morgan fingerprint density at radius 1 is 1.26 bits per heavy atom. The second-order valence-electron chi connectivity index (χ2n) is 7.87. The molecule has 4 saturated carbocycles. The molecule has 0 aromatic carbocycles. The van der Waals surface area contributed by atoms with Crippen molar-refractivity contribution >= 4 is 11.8 Å². The van der Waals surface area contributed by atoms with E-state index in [1.165, 1.54) is 50.7 Å². The van der Waals surface area contributed by atoms with Crippen molar-refractivity contribution < 1.29 is 14.1 Å². The van der Waals surface area contributed by atoms with Crippen LogP contribution in [-0.4, -0.2) is 16.9 Å². The van der Waals surface area contributed by atoms with E-state index in [0.29, 0.717) is 0 Å². The van der Waals surface area contributed by atoms with Crippen LogP contribution < -0.4 is 5.32 Å². The van der Waals surface area contributed by atoms with E-state index in [4.69, 9.17) is 4.42 Å². The highest BCUT2D eigenvalue weighted by Gasteiger charge is 2.53. The van der Waals surface area contributed by atoms with Crippen LogP contribution in [0.2, 0.25) is 0 Å². The molecule has 0 radical (unpaired) electrons. The van der Waals surface area contributed by atoms with Gasteiger partial charge in [0.2, 0.25) is 0 Å². The Labute approximate surface area is 134 Å². The molecule has 5 rings (SSSR count). The first kappa shape index (κ1) is 14.7. The summed E-state index contributed by atoms with van der Waals surface area (Å²) in [6.45, 7) is 2.09. The number of hydrogen-bond acceptors (Lipinski definition) is 4. The van der Waals surface area contributed by atoms with E-state index < -0.39 is 10.8 Å². The van der Waals surface area contributed by atoms with E-state index in [0.717, 1.165) is 17.8 Å². The summed E-state index contributed by atoms with van der Waals surface area (Å²) in [5.41, 5.74) is 0.211. The molecule has 4 bridgehead atoms. The number of rotatable bonds is 4. The third-order valence-corrected chi connectivity index (χ3v) is 6.35. The molecule has 0 spiro atoms. The van der Waals surface area contributed by atoms with Crippen LogP contribution in [0.3, 0.4) is 0 Å². The number of nitrogens with one attached hydrogen (secondary N) is 1. The van der Waals surface area contributed by atoms with Crippen molar-refractivity contribution in [3.63, 3.8) is 0 Å². The molecule has 0 saturated heterocycles. The molecule has 4 aliphatic carbocycles. The van der Waals surface area contributed by atoms with Crippen molar-refractivity contribution in [3.05, 3.63) is 28.0 Å². The van der Waals surface area contributed by atoms with E-state index in [9.17, 15) is 14.9 Å². The molecule has 4 fully saturated rings. The zero-order valence-corrected chi connectivity index (χ0v) is 13.3. The number of nitro groups is 1. The normalized spacial score (nSPS) is 36.0. The lowest BCUT2D eigenvalue weighted by Crippen LogP contribution is -2.55. The first-order valence-electron chi connectivity index (χ1n) is 8.50. The van der Waals surface area contributed by atoms with Crippen molar-refractivity contribution in [2.75, 3.05) is 0 Å². The van der Waals surface area contributed by atoms with Gasteiger partial charge in [0.1, 0.15) is 4.92 Å². The van der Waals surface area contributed by atoms with Crippen LogP contribution in [0.25, 0.3) is 0 Å². The SMILES string of the molecule is C[C@H](NC(=O)c1ccc([N+](=O)[O-])o1)C12CC3CC(CC(C3)C1)C2. The molecular weight excluding hydrogens is 296 g/mol. The smallest absolute Gasteiger partial charge is 0.395 e. The molecule has 23 heavy (non-hydrogen) atoms. The van der Waals surface area contributed by atoms with Crippen LogP contribution in [0.5, 0.6) is 0 Å². The maximum absolute atomic E-state index is 12.4. The molecule has 0 unspecified atom stereocenters. The van der Waals surface area contributed by atoms with Gasteiger partial charge in [0.05, 0.1) is 6.07 Å². The van der Waals surface area contributed by atoms with E-state index in [1.807, 2.05) is 0 Å². The maximum atomic E-state index is 12.4. The average Bonchev–Trinajstić information content (AvgIpc) is 2.95. The summed E-state index contributed by atoms with van der Waals surface area (Å²) < 4.78 is 5.02. The van der Waals surface area contributed by atoms with Crippen molar-refractivity contribution in [2.24, 2.45) is 23.2 Å². The Morgan fingerprint density at radius 2 is 1.83 bits per heavy atom. The number of amides is 1. The van der Waals surface area contributed by atoms with Crippen LogP contribution in [0.15, 0.2) is 16.5 Å². The lowest BCUT2D eigenvalue weighted by molar-refractivity contribution is -0.402. The zero-order valence-electron chi connectivity index (χ0n) is 13.3. The standard InChI is InChI=1S/C17H22N2O4/c1-10(18-16(20)14-2-3-15(23-14)19(21)22)17-7-11-4-12(8-17)6-13(5-11)9-17/h2-3,10-13H,4-9H2,1H3,(H,18,20)/t10-,11?,12?,13?,17?/m0/s1. The number of nitrogens with zero attached hydrogens (tertiary/aromatic N) is 1. The molecule has 1 heterocycles. The second kappa shape index (κ2) is 5.08. The van der Waals surface area contributed by atoms with Gasteiger partial charge in [-0.1, -0.05) is 0 Å². The molecule has 1 aromatic heterocycles. The molecule has 1 N–H and O–H groups in total. The summed E-state index contributed by atoms with van der Waals surface area (Å²) in [5.74, 6) is 1.76. The predicted molar refractivity (Wildman–Crippen MR) is 82.9 cm³/mol. The minimum absolute atomic E-state index is 0.0216. The predicted octanol–water partition coefficient (Wildman–Crippen LogP) is 3.52. The summed E-state index contributed by atoms with van der Waals surface area (Å²) in [7, 11) is 0. The Bertz CT molecular complexity index is 615. The lowest BCUT2D eigenvalue weighted by atomic mass is 9.48. The van der Waals surface area contributed by atoms with Gasteiger partial charge in [-0.25, -0.2) is 0 Å². The molecule has 1 aromatic rings. The quantitative estimate of drug-likeness (QED) is 0.680. The molecular formula is C17H22N2O4. The molecule has 4 aliphatic rings. The van der Waals surface area contributed by atoms with E-state index in [2.05, 4.69) is 12.2 Å². The highest BCUT2D eigenvalue weighted by Crippen LogP contribution is 2.61. The van der Waals surface area contributed by atoms with Crippen molar-refractivity contribution in [3.8, 4) is 0 Å². The topological polar surface area (TPSA) is 85.4 Å². The van der Waals surface area contributed by atoms with E-state index >= 15 is 0 Å². The fourth-order valence-electron chi connectivity index (χ4n) is 5.68. The molecule has 1 amide bonds. The lowest BCUT2D eigenvalue weighted by Gasteiger charge is -2.59. The zero-order chi connectivity index (χ0) is 16.2. The third kappa shape index (κ3) is 2.44. The summed E-state index contributed by atoms with van der Waals surface area (Å²) in [6, 6.07) is 2.68. The van der Waals surface area contributed by atoms with Gasteiger partial charge in [0.25, 0.3) is 5.91 Å². The first-order valence-corrected chi connectivity index (χ1v) is 8.50. The molecule has 124 valence electrons. The van der Waals surface area contributed by atoms with Gasteiger partial charge < -0.3 is 9.73 Å². The second-order valence-corrected chi connectivity index (χ2v) is 7.87. The fourth-order valence-corrected chi connectivity index (χ4v) is 5.68. The van der Waals surface area contributed by atoms with Gasteiger partial charge in [-0.3, -0.25) is 14.9 Å². The highest BCUT2D eigenvalue weighted by atomic mass is 16.6. The third-order valence-electron chi connectivity index (χ3n) is 6.35. The van der Waals surface area contributed by atoms with Gasteiger partial charge >= 0.3 is 5.88 Å². The van der Waals surface area contributed by atoms with Gasteiger partial charge in [-0.2, -0.15) is 0 Å². The summed E-state index contributed by atoms with van der Waals surface area (Å²) in [4.78, 5) is 22.4. The summed E-state index contributed by atoms with van der Waals surface area (Å²) in [5, 5.41) is 13.7. The Morgan fingerprint density at radius 3 is 2.30 bits per heavy atom. The van der Waals surface area contributed by atoms with Crippen LogP contribution in [0.1, 0.15) is 56.0 Å². The van der Waals surface area contributed by atoms with E-state index in [1.54, 1.807) is 0 Å². The number of carbonyl (C=O) groups excluding carboxylic acids is 1. The monoisotopic (exact) mass is 318 g/mol. The van der Waals surface area contributed by atoms with Gasteiger partial charge in [0, 0.05) is 6.04 Å². The Hall–Kier alpha value is -1.85. The van der Waals surface area contributed by atoms with Crippen LogP contribution >= 0.6 is 0 Å². The number of carbonyl (C=O) groups is 1. The van der Waals surface area contributed by atoms with Crippen LogP contribution in [0.4, 0.5) is 5.88 Å².